The van der Waals surface area contributed by atoms with E-state index in [9.17, 15) is 0 Å². The molecule has 5 heteroatoms. The summed E-state index contributed by atoms with van der Waals surface area (Å²) in [4.78, 5) is 10.5. The van der Waals surface area contributed by atoms with Gasteiger partial charge in [-0.1, -0.05) is 0 Å². The number of likely N-dealkylation sites (N-methyl/N-ethyl adjacent to an activating group) is 1. The van der Waals surface area contributed by atoms with Gasteiger partial charge in [0.2, 0.25) is 11.8 Å². The molecular weight excluding hydrogens is 192 g/mol. The lowest BCUT2D eigenvalue weighted by Gasteiger charge is -2.12. The Kier molecular flexibility index (Phi) is 3.01. The van der Waals surface area contributed by atoms with E-state index in [1.165, 1.54) is 0 Å². The van der Waals surface area contributed by atoms with Crippen LogP contribution in [0.5, 0.6) is 5.88 Å². The van der Waals surface area contributed by atoms with Crippen LogP contribution < -0.4 is 10.1 Å². The summed E-state index contributed by atoms with van der Waals surface area (Å²) in [5.41, 5.74) is 0. The highest BCUT2D eigenvalue weighted by molar-refractivity contribution is 5.26. The van der Waals surface area contributed by atoms with Crippen LogP contribution in [0, 0.1) is 0 Å². The van der Waals surface area contributed by atoms with Crippen molar-refractivity contribution in [2.45, 2.75) is 12.5 Å². The molecule has 0 saturated carbocycles. The number of likely N-dealkylation sites (tertiary alicyclic amines) is 1. The van der Waals surface area contributed by atoms with Crippen LogP contribution in [0.15, 0.2) is 12.3 Å². The molecule has 1 unspecified atom stereocenters. The molecule has 1 saturated heterocycles. The lowest BCUT2D eigenvalue weighted by atomic mass is 10.3. The van der Waals surface area contributed by atoms with Crippen molar-refractivity contribution < 1.29 is 4.74 Å². The summed E-state index contributed by atoms with van der Waals surface area (Å²) in [5.74, 6) is 1.24. The Bertz CT molecular complexity index is 331. The Morgan fingerprint density at radius 2 is 2.47 bits per heavy atom. The van der Waals surface area contributed by atoms with Crippen molar-refractivity contribution in [1.29, 1.82) is 0 Å². The lowest BCUT2D eigenvalue weighted by molar-refractivity contribution is 0.200. The van der Waals surface area contributed by atoms with Crippen molar-refractivity contribution >= 4 is 5.95 Å². The molecule has 1 aromatic rings. The maximum absolute atomic E-state index is 5.76. The average Bonchev–Trinajstić information content (AvgIpc) is 2.64. The fraction of sp³-hybridized carbons (Fsp3) is 0.600. The van der Waals surface area contributed by atoms with Crippen LogP contribution >= 0.6 is 0 Å². The highest BCUT2D eigenvalue weighted by Gasteiger charge is 2.21. The largest absolute Gasteiger partial charge is 0.473 e. The molecule has 0 radical (unpaired) electrons. The number of aromatic nitrogens is 2. The Morgan fingerprint density at radius 3 is 3.13 bits per heavy atom. The minimum Gasteiger partial charge on any atom is -0.473 e. The van der Waals surface area contributed by atoms with E-state index < -0.39 is 0 Å². The van der Waals surface area contributed by atoms with Gasteiger partial charge in [0.05, 0.1) is 0 Å². The van der Waals surface area contributed by atoms with Gasteiger partial charge in [0, 0.05) is 32.4 Å². The fourth-order valence-electron chi connectivity index (χ4n) is 1.69. The first-order chi connectivity index (χ1) is 7.28. The van der Waals surface area contributed by atoms with Gasteiger partial charge in [-0.05, 0) is 13.5 Å². The van der Waals surface area contributed by atoms with Crippen LogP contribution in [-0.4, -0.2) is 48.2 Å². The summed E-state index contributed by atoms with van der Waals surface area (Å²) in [7, 11) is 3.89. The third-order valence-electron chi connectivity index (χ3n) is 2.49. The summed E-state index contributed by atoms with van der Waals surface area (Å²) in [6.45, 7) is 2.06. The van der Waals surface area contributed by atoms with Crippen LogP contribution in [0.2, 0.25) is 0 Å². The summed E-state index contributed by atoms with van der Waals surface area (Å²) in [5, 5.41) is 2.89. The highest BCUT2D eigenvalue weighted by atomic mass is 16.5. The van der Waals surface area contributed by atoms with Crippen LogP contribution in [-0.2, 0) is 0 Å². The zero-order chi connectivity index (χ0) is 10.7. The summed E-state index contributed by atoms with van der Waals surface area (Å²) in [6.07, 6.45) is 3.02. The molecule has 0 aromatic carbocycles. The van der Waals surface area contributed by atoms with E-state index in [-0.39, 0.29) is 6.10 Å². The molecule has 2 heterocycles. The van der Waals surface area contributed by atoms with Gasteiger partial charge in [-0.15, -0.1) is 0 Å². The summed E-state index contributed by atoms with van der Waals surface area (Å²) in [6, 6.07) is 1.79. The van der Waals surface area contributed by atoms with Crippen molar-refractivity contribution in [3.8, 4) is 5.88 Å². The standard InChI is InChI=1S/C10H16N4O/c1-11-10-12-5-3-9(13-10)15-8-4-6-14(2)7-8/h3,5,8H,4,6-7H2,1-2H3,(H,11,12,13). The molecule has 1 aromatic heterocycles. The van der Waals surface area contributed by atoms with Gasteiger partial charge in [0.15, 0.2) is 0 Å². The second-order valence-corrected chi connectivity index (χ2v) is 3.76. The van der Waals surface area contributed by atoms with Crippen LogP contribution in [0.3, 0.4) is 0 Å². The van der Waals surface area contributed by atoms with Gasteiger partial charge in [0.1, 0.15) is 6.10 Å². The second-order valence-electron chi connectivity index (χ2n) is 3.76. The van der Waals surface area contributed by atoms with Gasteiger partial charge in [-0.3, -0.25) is 0 Å². The van der Waals surface area contributed by atoms with Gasteiger partial charge in [-0.25, -0.2) is 4.98 Å². The smallest absolute Gasteiger partial charge is 0.225 e. The van der Waals surface area contributed by atoms with Crippen LogP contribution in [0.25, 0.3) is 0 Å². The van der Waals surface area contributed by atoms with Crippen LogP contribution in [0.1, 0.15) is 6.42 Å². The zero-order valence-corrected chi connectivity index (χ0v) is 9.10. The monoisotopic (exact) mass is 208 g/mol. The van der Waals surface area contributed by atoms with E-state index in [1.54, 1.807) is 19.3 Å². The van der Waals surface area contributed by atoms with E-state index in [1.807, 2.05) is 0 Å². The van der Waals surface area contributed by atoms with E-state index in [2.05, 4.69) is 27.2 Å². The first kappa shape index (κ1) is 10.2. The predicted molar refractivity (Wildman–Crippen MR) is 58.1 cm³/mol. The zero-order valence-electron chi connectivity index (χ0n) is 9.10. The van der Waals surface area contributed by atoms with Crippen molar-refractivity contribution in [2.75, 3.05) is 32.5 Å². The lowest BCUT2D eigenvalue weighted by Crippen LogP contribution is -2.21. The number of nitrogens with one attached hydrogen (secondary N) is 1. The normalized spacial score (nSPS) is 21.6. The summed E-state index contributed by atoms with van der Waals surface area (Å²) < 4.78 is 5.76. The topological polar surface area (TPSA) is 50.3 Å². The maximum Gasteiger partial charge on any atom is 0.225 e. The molecule has 1 aliphatic heterocycles. The molecule has 2 rings (SSSR count). The number of hydrogen-bond donors (Lipinski definition) is 1. The molecule has 1 fully saturated rings. The van der Waals surface area contributed by atoms with Crippen molar-refractivity contribution in [2.24, 2.45) is 0 Å². The van der Waals surface area contributed by atoms with Gasteiger partial charge in [0.25, 0.3) is 0 Å². The number of rotatable bonds is 3. The van der Waals surface area contributed by atoms with Crippen molar-refractivity contribution in [3.05, 3.63) is 12.3 Å². The molecule has 0 bridgehead atoms. The van der Waals surface area contributed by atoms with Crippen molar-refractivity contribution in [1.82, 2.24) is 14.9 Å². The van der Waals surface area contributed by atoms with Gasteiger partial charge >= 0.3 is 0 Å². The fourth-order valence-corrected chi connectivity index (χ4v) is 1.69. The van der Waals surface area contributed by atoms with E-state index in [0.29, 0.717) is 11.8 Å². The highest BCUT2D eigenvalue weighted by Crippen LogP contribution is 2.15. The third-order valence-corrected chi connectivity index (χ3v) is 2.49. The molecule has 1 atom stereocenters. The number of anilines is 1. The minimum atomic E-state index is 0.259. The van der Waals surface area contributed by atoms with Crippen LogP contribution in [0.4, 0.5) is 5.95 Å². The number of ether oxygens (including phenoxy) is 1. The van der Waals surface area contributed by atoms with E-state index in [0.717, 1.165) is 19.5 Å². The Labute approximate surface area is 89.5 Å². The number of nitrogens with zero attached hydrogens (tertiary/aromatic N) is 3. The van der Waals surface area contributed by atoms with E-state index in [4.69, 9.17) is 4.74 Å². The quantitative estimate of drug-likeness (QED) is 0.788. The molecule has 0 spiro atoms. The minimum absolute atomic E-state index is 0.259. The molecule has 0 aliphatic carbocycles. The van der Waals surface area contributed by atoms with E-state index >= 15 is 0 Å². The molecular formula is C10H16N4O. The van der Waals surface area contributed by atoms with Crippen molar-refractivity contribution in [3.63, 3.8) is 0 Å². The Balaban J connectivity index is 1.98. The molecule has 5 nitrogen and oxygen atoms in total. The Hall–Kier alpha value is -1.36. The maximum atomic E-state index is 5.76. The SMILES string of the molecule is CNc1nccc(OC2CCN(C)C2)n1. The molecule has 1 N–H and O–H groups in total. The van der Waals surface area contributed by atoms with Gasteiger partial charge < -0.3 is 15.0 Å². The summed E-state index contributed by atoms with van der Waals surface area (Å²) >= 11 is 0. The van der Waals surface area contributed by atoms with Gasteiger partial charge in [-0.2, -0.15) is 4.98 Å². The molecule has 15 heavy (non-hydrogen) atoms. The second kappa shape index (κ2) is 4.44. The molecule has 0 amide bonds. The first-order valence-corrected chi connectivity index (χ1v) is 5.14. The number of hydrogen-bond acceptors (Lipinski definition) is 5. The molecule has 1 aliphatic rings. The average molecular weight is 208 g/mol. The third kappa shape index (κ3) is 2.56. The first-order valence-electron chi connectivity index (χ1n) is 5.14. The Morgan fingerprint density at radius 1 is 1.60 bits per heavy atom. The molecule has 82 valence electrons. The predicted octanol–water partition coefficient (Wildman–Crippen LogP) is 0.601.